The number of carbonyl (C=O) groups is 1. The first-order valence-electron chi connectivity index (χ1n) is 5.66. The van der Waals surface area contributed by atoms with E-state index < -0.39 is 0 Å². The lowest BCUT2D eigenvalue weighted by atomic mass is 10.0. The van der Waals surface area contributed by atoms with Crippen LogP contribution in [0.3, 0.4) is 0 Å². The molecule has 0 saturated heterocycles. The fourth-order valence-corrected chi connectivity index (χ4v) is 2.07. The van der Waals surface area contributed by atoms with E-state index in [4.69, 9.17) is 5.73 Å². The van der Waals surface area contributed by atoms with E-state index in [-0.39, 0.29) is 42.7 Å². The molecule has 1 aromatic heterocycles. The number of anilines is 1. The first-order valence-corrected chi connectivity index (χ1v) is 5.66. The van der Waals surface area contributed by atoms with Crippen molar-refractivity contribution in [2.75, 3.05) is 5.32 Å². The molecule has 4 nitrogen and oxygen atoms in total. The largest absolute Gasteiger partial charge is 0.327 e. The van der Waals surface area contributed by atoms with Crippen molar-refractivity contribution in [3.63, 3.8) is 0 Å². The number of halogens is 2. The van der Waals surface area contributed by atoms with Crippen LogP contribution in [0, 0.1) is 12.8 Å². The highest BCUT2D eigenvalue weighted by Crippen LogP contribution is 2.24. The number of rotatable bonds is 2. The molecule has 0 radical (unpaired) electrons. The molecule has 1 saturated carbocycles. The zero-order valence-corrected chi connectivity index (χ0v) is 11.9. The maximum atomic E-state index is 11.9. The Bertz CT molecular complexity index is 383. The summed E-state index contributed by atoms with van der Waals surface area (Å²) < 4.78 is 0. The Morgan fingerprint density at radius 2 is 2.11 bits per heavy atom. The van der Waals surface area contributed by atoms with Gasteiger partial charge in [0.05, 0.1) is 5.92 Å². The summed E-state index contributed by atoms with van der Waals surface area (Å²) in [5, 5.41) is 2.81. The van der Waals surface area contributed by atoms with Crippen LogP contribution in [0.1, 0.15) is 24.8 Å². The van der Waals surface area contributed by atoms with Crippen molar-refractivity contribution in [2.45, 2.75) is 32.2 Å². The topological polar surface area (TPSA) is 68.0 Å². The zero-order valence-electron chi connectivity index (χ0n) is 10.3. The highest BCUT2D eigenvalue weighted by atomic mass is 35.5. The molecule has 0 spiro atoms. The van der Waals surface area contributed by atoms with Gasteiger partial charge >= 0.3 is 0 Å². The molecule has 1 amide bonds. The molecule has 1 aromatic rings. The predicted molar refractivity (Wildman–Crippen MR) is 77.4 cm³/mol. The predicted octanol–water partition coefficient (Wildman–Crippen LogP) is 2.30. The van der Waals surface area contributed by atoms with Gasteiger partial charge in [-0.15, -0.1) is 24.8 Å². The summed E-state index contributed by atoms with van der Waals surface area (Å²) >= 11 is 0. The van der Waals surface area contributed by atoms with Crippen LogP contribution in [0.4, 0.5) is 5.82 Å². The fraction of sp³-hybridized carbons (Fsp3) is 0.500. The van der Waals surface area contributed by atoms with Crippen molar-refractivity contribution in [2.24, 2.45) is 11.7 Å². The molecule has 1 fully saturated rings. The third-order valence-electron chi connectivity index (χ3n) is 3.07. The van der Waals surface area contributed by atoms with E-state index in [1.807, 2.05) is 19.1 Å². The lowest BCUT2D eigenvalue weighted by Crippen LogP contribution is -2.34. The minimum Gasteiger partial charge on any atom is -0.327 e. The van der Waals surface area contributed by atoms with Crippen molar-refractivity contribution in [3.05, 3.63) is 23.9 Å². The molecule has 1 heterocycles. The minimum absolute atomic E-state index is 0. The number of amides is 1. The third-order valence-corrected chi connectivity index (χ3v) is 3.07. The normalized spacial score (nSPS) is 21.7. The molecule has 102 valence electrons. The first-order chi connectivity index (χ1) is 7.66. The number of pyridine rings is 1. The second-order valence-electron chi connectivity index (χ2n) is 4.41. The maximum Gasteiger partial charge on any atom is 0.230 e. The number of nitrogens with one attached hydrogen (secondary N) is 1. The van der Waals surface area contributed by atoms with Gasteiger partial charge in [0.2, 0.25) is 5.91 Å². The van der Waals surface area contributed by atoms with E-state index in [0.717, 1.165) is 24.8 Å². The monoisotopic (exact) mass is 291 g/mol. The van der Waals surface area contributed by atoms with Gasteiger partial charge < -0.3 is 11.1 Å². The van der Waals surface area contributed by atoms with Gasteiger partial charge in [-0.25, -0.2) is 4.98 Å². The number of aryl methyl sites for hydroxylation is 1. The maximum absolute atomic E-state index is 11.9. The van der Waals surface area contributed by atoms with Crippen molar-refractivity contribution < 1.29 is 4.79 Å². The van der Waals surface area contributed by atoms with E-state index in [2.05, 4.69) is 10.3 Å². The van der Waals surface area contributed by atoms with Gasteiger partial charge in [0.15, 0.2) is 0 Å². The molecule has 0 aromatic carbocycles. The Morgan fingerprint density at radius 3 is 2.61 bits per heavy atom. The third kappa shape index (κ3) is 4.12. The standard InChI is InChI=1S/C12H17N3O.2ClH/c1-8-5-6-11(14-7-8)15-12(16)9-3-2-4-10(9)13;;/h5-7,9-10H,2-4,13H2,1H3,(H,14,15,16);2*1H. The number of nitrogens with zero attached hydrogens (tertiary/aromatic N) is 1. The summed E-state index contributed by atoms with van der Waals surface area (Å²) in [6.07, 6.45) is 4.61. The zero-order chi connectivity index (χ0) is 11.5. The van der Waals surface area contributed by atoms with E-state index in [1.54, 1.807) is 6.20 Å². The van der Waals surface area contributed by atoms with E-state index >= 15 is 0 Å². The Labute approximate surface area is 120 Å². The first kappa shape index (κ1) is 17.2. The highest BCUT2D eigenvalue weighted by Gasteiger charge is 2.30. The van der Waals surface area contributed by atoms with Gasteiger partial charge in [-0.2, -0.15) is 0 Å². The van der Waals surface area contributed by atoms with E-state index in [0.29, 0.717) is 5.82 Å². The molecule has 0 aliphatic heterocycles. The lowest BCUT2D eigenvalue weighted by molar-refractivity contribution is -0.120. The quantitative estimate of drug-likeness (QED) is 0.879. The Hall–Kier alpha value is -0.840. The Morgan fingerprint density at radius 1 is 1.39 bits per heavy atom. The van der Waals surface area contributed by atoms with Crippen molar-refractivity contribution in [1.29, 1.82) is 0 Å². The van der Waals surface area contributed by atoms with Crippen LogP contribution < -0.4 is 11.1 Å². The molecule has 1 aliphatic rings. The van der Waals surface area contributed by atoms with Gasteiger partial charge in [-0.05, 0) is 31.4 Å². The SMILES string of the molecule is Cc1ccc(NC(=O)C2CCCC2N)nc1.Cl.Cl. The lowest BCUT2D eigenvalue weighted by Gasteiger charge is -2.14. The number of carbonyl (C=O) groups excluding carboxylic acids is 1. The molecule has 2 rings (SSSR count). The molecular formula is C12H19Cl2N3O. The van der Waals surface area contributed by atoms with Crippen molar-refractivity contribution >= 4 is 36.5 Å². The van der Waals surface area contributed by atoms with Gasteiger partial charge in [-0.3, -0.25) is 4.79 Å². The fourth-order valence-electron chi connectivity index (χ4n) is 2.07. The van der Waals surface area contributed by atoms with Crippen LogP contribution in [0.5, 0.6) is 0 Å². The van der Waals surface area contributed by atoms with Gasteiger partial charge in [-0.1, -0.05) is 12.5 Å². The number of hydrogen-bond acceptors (Lipinski definition) is 3. The summed E-state index contributed by atoms with van der Waals surface area (Å²) in [5.41, 5.74) is 6.96. The Balaban J connectivity index is 0.00000144. The molecule has 18 heavy (non-hydrogen) atoms. The molecular weight excluding hydrogens is 273 g/mol. The summed E-state index contributed by atoms with van der Waals surface area (Å²) in [6, 6.07) is 3.75. The number of hydrogen-bond donors (Lipinski definition) is 2. The molecule has 1 aliphatic carbocycles. The smallest absolute Gasteiger partial charge is 0.230 e. The summed E-state index contributed by atoms with van der Waals surface area (Å²) in [7, 11) is 0. The highest BCUT2D eigenvalue weighted by molar-refractivity contribution is 5.92. The van der Waals surface area contributed by atoms with Crippen molar-refractivity contribution in [3.8, 4) is 0 Å². The summed E-state index contributed by atoms with van der Waals surface area (Å²) in [4.78, 5) is 16.0. The van der Waals surface area contributed by atoms with Crippen LogP contribution in [0.25, 0.3) is 0 Å². The summed E-state index contributed by atoms with van der Waals surface area (Å²) in [5.74, 6) is 0.555. The molecule has 0 bridgehead atoms. The van der Waals surface area contributed by atoms with Gasteiger partial charge in [0, 0.05) is 12.2 Å². The second-order valence-corrected chi connectivity index (χ2v) is 4.41. The molecule has 2 unspecified atom stereocenters. The van der Waals surface area contributed by atoms with Crippen molar-refractivity contribution in [1.82, 2.24) is 4.98 Å². The minimum atomic E-state index is -0.0527. The number of nitrogens with two attached hydrogens (primary N) is 1. The van der Waals surface area contributed by atoms with Crippen LogP contribution in [0.15, 0.2) is 18.3 Å². The van der Waals surface area contributed by atoms with E-state index in [9.17, 15) is 4.79 Å². The summed E-state index contributed by atoms with van der Waals surface area (Å²) in [6.45, 7) is 1.96. The van der Waals surface area contributed by atoms with Gasteiger partial charge in [0.25, 0.3) is 0 Å². The van der Waals surface area contributed by atoms with Gasteiger partial charge in [0.1, 0.15) is 5.82 Å². The second kappa shape index (κ2) is 7.56. The number of aromatic nitrogens is 1. The molecule has 6 heteroatoms. The van der Waals surface area contributed by atoms with Crippen LogP contribution in [-0.2, 0) is 4.79 Å². The Kier molecular flexibility index (Phi) is 7.21. The molecule has 3 N–H and O–H groups in total. The average Bonchev–Trinajstić information content (AvgIpc) is 2.68. The van der Waals surface area contributed by atoms with Crippen LogP contribution >= 0.6 is 24.8 Å². The van der Waals surface area contributed by atoms with E-state index in [1.165, 1.54) is 0 Å². The van der Waals surface area contributed by atoms with Crippen LogP contribution in [0.2, 0.25) is 0 Å². The average molecular weight is 292 g/mol. The van der Waals surface area contributed by atoms with Crippen LogP contribution in [-0.4, -0.2) is 16.9 Å². The molecule has 2 atom stereocenters.